The van der Waals surface area contributed by atoms with Crippen molar-refractivity contribution in [3.05, 3.63) is 29.3 Å². The molecule has 2 heteroatoms. The van der Waals surface area contributed by atoms with E-state index < -0.39 is 0 Å². The molecule has 0 atom stereocenters. The largest absolute Gasteiger partial charge is 0.372 e. The quantitative estimate of drug-likeness (QED) is 0.778. The van der Waals surface area contributed by atoms with Gasteiger partial charge in [-0.1, -0.05) is 26.0 Å². The first-order chi connectivity index (χ1) is 8.22. The lowest BCUT2D eigenvalue weighted by atomic mass is 10.1. The first-order valence-electron chi connectivity index (χ1n) is 6.78. The van der Waals surface area contributed by atoms with Crippen molar-refractivity contribution in [3.63, 3.8) is 0 Å². The van der Waals surface area contributed by atoms with Gasteiger partial charge in [0.05, 0.1) is 0 Å². The number of benzene rings is 1. The molecule has 17 heavy (non-hydrogen) atoms. The number of anilines is 1. The molecular weight excluding hydrogens is 208 g/mol. The van der Waals surface area contributed by atoms with Crippen molar-refractivity contribution in [2.24, 2.45) is 0 Å². The Labute approximate surface area is 106 Å². The van der Waals surface area contributed by atoms with Gasteiger partial charge in [-0.15, -0.1) is 0 Å². The summed E-state index contributed by atoms with van der Waals surface area (Å²) in [6.07, 6.45) is 1.20. The fraction of sp³-hybridized carbons (Fsp3) is 0.600. The van der Waals surface area contributed by atoms with Crippen LogP contribution in [0, 0.1) is 6.92 Å². The molecule has 0 radical (unpaired) electrons. The molecule has 0 spiro atoms. The van der Waals surface area contributed by atoms with Crippen LogP contribution in [-0.2, 0) is 6.54 Å². The minimum atomic E-state index is 0.970. The summed E-state index contributed by atoms with van der Waals surface area (Å²) >= 11 is 0. The lowest BCUT2D eigenvalue weighted by molar-refractivity contribution is 0.725. The lowest BCUT2D eigenvalue weighted by Gasteiger charge is -2.24. The summed E-state index contributed by atoms with van der Waals surface area (Å²) in [4.78, 5) is 2.45. The molecule has 0 fully saturated rings. The number of hydrogen-bond donors (Lipinski definition) is 1. The molecule has 2 nitrogen and oxygen atoms in total. The van der Waals surface area contributed by atoms with Gasteiger partial charge in [-0.3, -0.25) is 0 Å². The van der Waals surface area contributed by atoms with E-state index in [1.807, 2.05) is 0 Å². The minimum Gasteiger partial charge on any atom is -0.372 e. The molecule has 0 saturated heterocycles. The molecule has 0 heterocycles. The van der Waals surface area contributed by atoms with E-state index in [9.17, 15) is 0 Å². The van der Waals surface area contributed by atoms with Crippen molar-refractivity contribution in [1.29, 1.82) is 0 Å². The van der Waals surface area contributed by atoms with Gasteiger partial charge >= 0.3 is 0 Å². The second kappa shape index (κ2) is 7.33. The fourth-order valence-corrected chi connectivity index (χ4v) is 2.17. The zero-order valence-corrected chi connectivity index (χ0v) is 11.7. The predicted molar refractivity (Wildman–Crippen MR) is 76.7 cm³/mol. The standard InChI is InChI=1S/C15H26N2/c1-5-10-17(7-3)15-9-8-14(11-13(15)4)12-16-6-2/h8-9,11,16H,5-7,10,12H2,1-4H3. The second-order valence-electron chi connectivity index (χ2n) is 4.48. The van der Waals surface area contributed by atoms with E-state index >= 15 is 0 Å². The summed E-state index contributed by atoms with van der Waals surface area (Å²) in [5, 5.41) is 3.37. The highest BCUT2D eigenvalue weighted by atomic mass is 15.1. The van der Waals surface area contributed by atoms with Crippen LogP contribution in [0.1, 0.15) is 38.3 Å². The maximum atomic E-state index is 3.37. The first kappa shape index (κ1) is 14.0. The van der Waals surface area contributed by atoms with E-state index in [1.54, 1.807) is 0 Å². The molecule has 1 N–H and O–H groups in total. The van der Waals surface area contributed by atoms with Gasteiger partial charge in [0.1, 0.15) is 0 Å². The molecule has 1 aromatic rings. The SMILES string of the molecule is CCCN(CC)c1ccc(CNCC)cc1C. The van der Waals surface area contributed by atoms with Crippen LogP contribution in [-0.4, -0.2) is 19.6 Å². The monoisotopic (exact) mass is 234 g/mol. The molecule has 0 saturated carbocycles. The average molecular weight is 234 g/mol. The van der Waals surface area contributed by atoms with Crippen LogP contribution in [0.3, 0.4) is 0 Å². The molecule has 0 amide bonds. The van der Waals surface area contributed by atoms with Crippen molar-refractivity contribution in [3.8, 4) is 0 Å². The number of aryl methyl sites for hydroxylation is 1. The van der Waals surface area contributed by atoms with E-state index in [0.29, 0.717) is 0 Å². The van der Waals surface area contributed by atoms with Crippen molar-refractivity contribution in [2.45, 2.75) is 40.7 Å². The van der Waals surface area contributed by atoms with Gasteiger partial charge in [0, 0.05) is 25.3 Å². The van der Waals surface area contributed by atoms with Crippen LogP contribution >= 0.6 is 0 Å². The van der Waals surface area contributed by atoms with Gasteiger partial charge in [-0.2, -0.15) is 0 Å². The lowest BCUT2D eigenvalue weighted by Crippen LogP contribution is -2.24. The van der Waals surface area contributed by atoms with Crippen LogP contribution in [0.15, 0.2) is 18.2 Å². The summed E-state index contributed by atoms with van der Waals surface area (Å²) < 4.78 is 0. The molecule has 0 aliphatic heterocycles. The van der Waals surface area contributed by atoms with Crippen LogP contribution < -0.4 is 10.2 Å². The minimum absolute atomic E-state index is 0.970. The maximum Gasteiger partial charge on any atom is 0.0396 e. The topological polar surface area (TPSA) is 15.3 Å². The summed E-state index contributed by atoms with van der Waals surface area (Å²) in [6.45, 7) is 13.0. The molecule has 0 unspecified atom stereocenters. The Morgan fingerprint density at radius 2 is 1.94 bits per heavy atom. The fourth-order valence-electron chi connectivity index (χ4n) is 2.17. The van der Waals surface area contributed by atoms with Crippen LogP contribution in [0.2, 0.25) is 0 Å². The molecule has 96 valence electrons. The third kappa shape index (κ3) is 4.04. The van der Waals surface area contributed by atoms with E-state index in [-0.39, 0.29) is 0 Å². The Morgan fingerprint density at radius 3 is 2.47 bits per heavy atom. The summed E-state index contributed by atoms with van der Waals surface area (Å²) in [7, 11) is 0. The van der Waals surface area contributed by atoms with Gasteiger partial charge < -0.3 is 10.2 Å². The van der Waals surface area contributed by atoms with Gasteiger partial charge in [0.25, 0.3) is 0 Å². The molecule has 0 aliphatic rings. The predicted octanol–water partition coefficient (Wildman–Crippen LogP) is 3.34. The zero-order valence-electron chi connectivity index (χ0n) is 11.7. The highest BCUT2D eigenvalue weighted by Gasteiger charge is 2.06. The third-order valence-electron chi connectivity index (χ3n) is 3.06. The molecular formula is C15H26N2. The molecule has 0 aliphatic carbocycles. The normalized spacial score (nSPS) is 10.6. The van der Waals surface area contributed by atoms with Gasteiger partial charge in [0.2, 0.25) is 0 Å². The van der Waals surface area contributed by atoms with Crippen LogP contribution in [0.5, 0.6) is 0 Å². The summed E-state index contributed by atoms with van der Waals surface area (Å²) in [6, 6.07) is 6.81. The van der Waals surface area contributed by atoms with Gasteiger partial charge in [0.15, 0.2) is 0 Å². The van der Waals surface area contributed by atoms with Crippen molar-refractivity contribution >= 4 is 5.69 Å². The highest BCUT2D eigenvalue weighted by Crippen LogP contribution is 2.21. The molecule has 0 bridgehead atoms. The van der Waals surface area contributed by atoms with Crippen molar-refractivity contribution in [2.75, 3.05) is 24.5 Å². The van der Waals surface area contributed by atoms with Crippen molar-refractivity contribution in [1.82, 2.24) is 5.32 Å². The Morgan fingerprint density at radius 1 is 1.18 bits per heavy atom. The second-order valence-corrected chi connectivity index (χ2v) is 4.48. The third-order valence-corrected chi connectivity index (χ3v) is 3.06. The number of nitrogens with zero attached hydrogens (tertiary/aromatic N) is 1. The zero-order chi connectivity index (χ0) is 12.7. The van der Waals surface area contributed by atoms with E-state index in [4.69, 9.17) is 0 Å². The Bertz CT molecular complexity index is 334. The number of rotatable bonds is 7. The molecule has 0 aromatic heterocycles. The summed E-state index contributed by atoms with van der Waals surface area (Å²) in [5.41, 5.74) is 4.14. The van der Waals surface area contributed by atoms with Gasteiger partial charge in [-0.25, -0.2) is 0 Å². The summed E-state index contributed by atoms with van der Waals surface area (Å²) in [5.74, 6) is 0. The van der Waals surface area contributed by atoms with Crippen LogP contribution in [0.4, 0.5) is 5.69 Å². The van der Waals surface area contributed by atoms with E-state index in [1.165, 1.54) is 23.2 Å². The maximum absolute atomic E-state index is 3.37. The van der Waals surface area contributed by atoms with Crippen molar-refractivity contribution < 1.29 is 0 Å². The van der Waals surface area contributed by atoms with E-state index in [0.717, 1.165) is 26.2 Å². The van der Waals surface area contributed by atoms with E-state index in [2.05, 4.69) is 56.1 Å². The van der Waals surface area contributed by atoms with Crippen LogP contribution in [0.25, 0.3) is 0 Å². The number of hydrogen-bond acceptors (Lipinski definition) is 2. The Balaban J connectivity index is 2.80. The smallest absolute Gasteiger partial charge is 0.0396 e. The Kier molecular flexibility index (Phi) is 6.06. The molecule has 1 rings (SSSR count). The van der Waals surface area contributed by atoms with Gasteiger partial charge in [-0.05, 0) is 44.0 Å². The first-order valence-corrected chi connectivity index (χ1v) is 6.78. The molecule has 1 aromatic carbocycles. The Hall–Kier alpha value is -1.02. The average Bonchev–Trinajstić information content (AvgIpc) is 2.34. The number of nitrogens with one attached hydrogen (secondary N) is 1. The highest BCUT2D eigenvalue weighted by molar-refractivity contribution is 5.54.